The average molecular weight is 376 g/mol. The quantitative estimate of drug-likeness (QED) is 0.862. The smallest absolute Gasteiger partial charge is 0.341 e. The first-order valence-corrected chi connectivity index (χ1v) is 9.33. The number of carbonyl (C=O) groups is 1. The van der Waals surface area contributed by atoms with Crippen LogP contribution in [0.15, 0.2) is 17.1 Å². The van der Waals surface area contributed by atoms with Gasteiger partial charge in [0.05, 0.1) is 5.39 Å². The molecular weight excluding hydrogens is 351 g/mol. The highest BCUT2D eigenvalue weighted by molar-refractivity contribution is 5.92. The van der Waals surface area contributed by atoms with Crippen LogP contribution in [-0.4, -0.2) is 57.7 Å². The number of fused-ring (bicyclic) bond motifs is 1. The Morgan fingerprint density at radius 1 is 1.30 bits per heavy atom. The molecule has 0 aromatic carbocycles. The summed E-state index contributed by atoms with van der Waals surface area (Å²) in [6, 6.07) is 1.61. The summed E-state index contributed by atoms with van der Waals surface area (Å²) in [6.07, 6.45) is 2.35. The predicted molar refractivity (Wildman–Crippen MR) is 102 cm³/mol. The van der Waals surface area contributed by atoms with E-state index < -0.39 is 17.2 Å². The minimum absolute atomic E-state index is 0.00348. The Bertz CT molecular complexity index is 919. The fourth-order valence-corrected chi connectivity index (χ4v) is 3.52. The van der Waals surface area contributed by atoms with E-state index in [4.69, 9.17) is 0 Å². The molecule has 2 aromatic rings. The molecule has 2 aromatic heterocycles. The zero-order valence-electron chi connectivity index (χ0n) is 15.9. The van der Waals surface area contributed by atoms with Gasteiger partial charge in [-0.15, -0.1) is 0 Å². The molecule has 0 spiro atoms. The molecule has 1 atom stereocenters. The highest BCUT2D eigenvalue weighted by Crippen LogP contribution is 2.23. The molecule has 1 aliphatic rings. The van der Waals surface area contributed by atoms with Gasteiger partial charge in [0.2, 0.25) is 5.43 Å². The van der Waals surface area contributed by atoms with Gasteiger partial charge in [0.1, 0.15) is 11.2 Å². The third-order valence-electron chi connectivity index (χ3n) is 5.38. The lowest BCUT2D eigenvalue weighted by Gasteiger charge is -2.38. The number of hydrogen-bond acceptors (Lipinski definition) is 5. The standard InChI is InChI=1S/C19H25FN4O3/c1-4-12(3)23-6-8-24(9-7-23)18-15(20)10-13-16(25)14(19(26)27)11-22(5-2)17(13)21-18/h10-12H,4-9H2,1-3H3,(H,26,27). The zero-order valence-corrected chi connectivity index (χ0v) is 15.9. The van der Waals surface area contributed by atoms with Crippen LogP contribution in [0.1, 0.15) is 37.6 Å². The Balaban J connectivity index is 2.01. The van der Waals surface area contributed by atoms with Crippen LogP contribution in [-0.2, 0) is 6.54 Å². The third-order valence-corrected chi connectivity index (χ3v) is 5.38. The summed E-state index contributed by atoms with van der Waals surface area (Å²) < 4.78 is 16.3. The van der Waals surface area contributed by atoms with E-state index in [1.807, 2.05) is 11.8 Å². The molecule has 1 fully saturated rings. The Hall–Kier alpha value is -2.48. The third kappa shape index (κ3) is 3.53. The maximum Gasteiger partial charge on any atom is 0.341 e. The summed E-state index contributed by atoms with van der Waals surface area (Å²) >= 11 is 0. The summed E-state index contributed by atoms with van der Waals surface area (Å²) in [5.41, 5.74) is -0.768. The van der Waals surface area contributed by atoms with E-state index in [0.29, 0.717) is 31.3 Å². The minimum Gasteiger partial charge on any atom is -0.477 e. The molecule has 0 aliphatic carbocycles. The zero-order chi connectivity index (χ0) is 19.7. The van der Waals surface area contributed by atoms with E-state index in [9.17, 15) is 19.1 Å². The number of rotatable bonds is 5. The summed E-state index contributed by atoms with van der Waals surface area (Å²) in [5, 5.41) is 9.22. The molecule has 27 heavy (non-hydrogen) atoms. The van der Waals surface area contributed by atoms with Crippen molar-refractivity contribution in [2.45, 2.75) is 39.8 Å². The van der Waals surface area contributed by atoms with Crippen LogP contribution in [0.4, 0.5) is 10.2 Å². The van der Waals surface area contributed by atoms with Crippen molar-refractivity contribution in [3.63, 3.8) is 0 Å². The van der Waals surface area contributed by atoms with Gasteiger partial charge < -0.3 is 14.6 Å². The summed E-state index contributed by atoms with van der Waals surface area (Å²) in [6.45, 7) is 9.55. The van der Waals surface area contributed by atoms with Gasteiger partial charge in [-0.2, -0.15) is 0 Å². The van der Waals surface area contributed by atoms with Crippen LogP contribution >= 0.6 is 0 Å². The molecule has 1 aliphatic heterocycles. The van der Waals surface area contributed by atoms with Crippen LogP contribution in [0.25, 0.3) is 11.0 Å². The monoisotopic (exact) mass is 376 g/mol. The summed E-state index contributed by atoms with van der Waals surface area (Å²) in [4.78, 5) is 32.4. The topological polar surface area (TPSA) is 78.7 Å². The molecular formula is C19H25FN4O3. The normalized spacial score (nSPS) is 16.7. The van der Waals surface area contributed by atoms with Crippen molar-refractivity contribution in [1.29, 1.82) is 0 Å². The highest BCUT2D eigenvalue weighted by atomic mass is 19.1. The lowest BCUT2D eigenvalue weighted by Crippen LogP contribution is -2.50. The number of aryl methyl sites for hydroxylation is 1. The molecule has 1 saturated heterocycles. The summed E-state index contributed by atoms with van der Waals surface area (Å²) in [7, 11) is 0. The molecule has 3 heterocycles. The fourth-order valence-electron chi connectivity index (χ4n) is 3.52. The molecule has 0 bridgehead atoms. The van der Waals surface area contributed by atoms with Gasteiger partial charge in [-0.3, -0.25) is 9.69 Å². The van der Waals surface area contributed by atoms with Gasteiger partial charge in [0.25, 0.3) is 0 Å². The molecule has 7 nitrogen and oxygen atoms in total. The van der Waals surface area contributed by atoms with E-state index in [1.165, 1.54) is 6.20 Å². The van der Waals surface area contributed by atoms with Crippen molar-refractivity contribution in [3.05, 3.63) is 33.9 Å². The molecule has 0 radical (unpaired) electrons. The Morgan fingerprint density at radius 3 is 2.52 bits per heavy atom. The van der Waals surface area contributed by atoms with Crippen molar-refractivity contribution in [2.75, 3.05) is 31.1 Å². The van der Waals surface area contributed by atoms with Crippen molar-refractivity contribution in [2.24, 2.45) is 0 Å². The van der Waals surface area contributed by atoms with Gasteiger partial charge in [0, 0.05) is 45.0 Å². The first kappa shape index (κ1) is 19.3. The van der Waals surface area contributed by atoms with Crippen molar-refractivity contribution in [1.82, 2.24) is 14.5 Å². The number of carboxylic acids is 1. The number of aromatic carboxylic acids is 1. The van der Waals surface area contributed by atoms with Crippen molar-refractivity contribution in [3.8, 4) is 0 Å². The van der Waals surface area contributed by atoms with E-state index in [1.54, 1.807) is 4.57 Å². The van der Waals surface area contributed by atoms with Crippen LogP contribution < -0.4 is 10.3 Å². The van der Waals surface area contributed by atoms with E-state index in [0.717, 1.165) is 25.6 Å². The lowest BCUT2D eigenvalue weighted by atomic mass is 10.1. The molecule has 0 saturated carbocycles. The largest absolute Gasteiger partial charge is 0.477 e. The van der Waals surface area contributed by atoms with Crippen LogP contribution in [0, 0.1) is 5.82 Å². The van der Waals surface area contributed by atoms with Crippen LogP contribution in [0.5, 0.6) is 0 Å². The number of aromatic nitrogens is 2. The lowest BCUT2D eigenvalue weighted by molar-refractivity contribution is 0.0695. The number of halogens is 1. The number of nitrogens with zero attached hydrogens (tertiary/aromatic N) is 4. The second-order valence-electron chi connectivity index (χ2n) is 6.91. The number of carboxylic acid groups (broad SMARTS) is 1. The van der Waals surface area contributed by atoms with Crippen molar-refractivity contribution >= 4 is 22.8 Å². The van der Waals surface area contributed by atoms with Crippen LogP contribution in [0.3, 0.4) is 0 Å². The Kier molecular flexibility index (Phi) is 5.46. The second kappa shape index (κ2) is 7.64. The van der Waals surface area contributed by atoms with E-state index in [-0.39, 0.29) is 16.8 Å². The van der Waals surface area contributed by atoms with E-state index in [2.05, 4.69) is 23.7 Å². The first-order valence-electron chi connectivity index (χ1n) is 9.33. The average Bonchev–Trinajstić information content (AvgIpc) is 2.67. The second-order valence-corrected chi connectivity index (χ2v) is 6.91. The first-order chi connectivity index (χ1) is 12.9. The molecule has 8 heteroatoms. The molecule has 3 rings (SSSR count). The maximum absolute atomic E-state index is 14.8. The predicted octanol–water partition coefficient (Wildman–Crippen LogP) is 2.17. The Morgan fingerprint density at radius 2 is 1.96 bits per heavy atom. The Labute approximate surface area is 157 Å². The number of hydrogen-bond donors (Lipinski definition) is 1. The minimum atomic E-state index is -1.32. The molecule has 146 valence electrons. The van der Waals surface area contributed by atoms with Gasteiger partial charge in [-0.25, -0.2) is 14.2 Å². The molecule has 0 amide bonds. The number of piperazine rings is 1. The SMILES string of the molecule is CCC(C)N1CCN(c2nc3c(cc2F)c(=O)c(C(=O)O)cn3CC)CC1. The molecule has 1 N–H and O–H groups in total. The summed E-state index contributed by atoms with van der Waals surface area (Å²) in [5.74, 6) is -1.70. The fraction of sp³-hybridized carbons (Fsp3) is 0.526. The van der Waals surface area contributed by atoms with Gasteiger partial charge >= 0.3 is 5.97 Å². The van der Waals surface area contributed by atoms with Gasteiger partial charge in [-0.1, -0.05) is 6.92 Å². The number of pyridine rings is 2. The van der Waals surface area contributed by atoms with E-state index >= 15 is 0 Å². The highest BCUT2D eigenvalue weighted by Gasteiger charge is 2.25. The van der Waals surface area contributed by atoms with Gasteiger partial charge in [-0.05, 0) is 26.3 Å². The maximum atomic E-state index is 14.8. The molecule has 1 unspecified atom stereocenters. The van der Waals surface area contributed by atoms with Crippen molar-refractivity contribution < 1.29 is 14.3 Å². The van der Waals surface area contributed by atoms with Gasteiger partial charge in [0.15, 0.2) is 11.6 Å². The number of anilines is 1. The van der Waals surface area contributed by atoms with Crippen LogP contribution in [0.2, 0.25) is 0 Å².